The minimum atomic E-state index is -0.543. The number of aryl methyl sites for hydroxylation is 1. The number of amides is 1. The molecule has 0 aliphatic rings. The highest BCUT2D eigenvalue weighted by atomic mass is 16.5. The third kappa shape index (κ3) is 2.16. The number of carbonyl (C=O) groups is 1. The number of rotatable bonds is 4. The quantitative estimate of drug-likeness (QED) is 0.786. The van der Waals surface area contributed by atoms with Gasteiger partial charge in [0.2, 0.25) is 5.88 Å². The Morgan fingerprint density at radius 2 is 2.27 bits per heavy atom. The van der Waals surface area contributed by atoms with Crippen molar-refractivity contribution in [3.05, 3.63) is 42.2 Å². The predicted molar refractivity (Wildman–Crippen MR) is 80.7 cm³/mol. The number of aromatic nitrogens is 4. The van der Waals surface area contributed by atoms with Crippen molar-refractivity contribution >= 4 is 11.6 Å². The van der Waals surface area contributed by atoms with Crippen LogP contribution in [0.25, 0.3) is 16.8 Å². The van der Waals surface area contributed by atoms with Crippen LogP contribution in [0.2, 0.25) is 0 Å². The molecule has 7 heteroatoms. The standard InChI is InChI=1S/C15H15N5O2/c1-3-11-13(14(16)21)19-15-10(7-17-8-20(11)15)9-4-5-18-12(6-9)22-2/h4-8H,3H2,1-2H3,(H2,16,21). The lowest BCUT2D eigenvalue weighted by molar-refractivity contribution is 0.0995. The third-order valence-electron chi connectivity index (χ3n) is 3.46. The van der Waals surface area contributed by atoms with E-state index >= 15 is 0 Å². The van der Waals surface area contributed by atoms with Crippen molar-refractivity contribution < 1.29 is 9.53 Å². The molecule has 0 saturated heterocycles. The fourth-order valence-electron chi connectivity index (χ4n) is 2.44. The Hall–Kier alpha value is -2.96. The SMILES string of the molecule is CCc1c(C(N)=O)nc2c(-c3ccnc(OC)c3)cncn12. The van der Waals surface area contributed by atoms with E-state index in [-0.39, 0.29) is 5.69 Å². The first kappa shape index (κ1) is 14.0. The van der Waals surface area contributed by atoms with E-state index in [2.05, 4.69) is 15.0 Å². The Labute approximate surface area is 126 Å². The second-order valence-corrected chi connectivity index (χ2v) is 4.71. The zero-order valence-corrected chi connectivity index (χ0v) is 12.3. The predicted octanol–water partition coefficient (Wildman–Crippen LogP) is 1.46. The molecule has 0 aliphatic heterocycles. The van der Waals surface area contributed by atoms with E-state index < -0.39 is 5.91 Å². The Morgan fingerprint density at radius 3 is 2.95 bits per heavy atom. The maximum absolute atomic E-state index is 11.6. The lowest BCUT2D eigenvalue weighted by atomic mass is 10.1. The Morgan fingerprint density at radius 1 is 1.45 bits per heavy atom. The van der Waals surface area contributed by atoms with Gasteiger partial charge in [-0.1, -0.05) is 6.92 Å². The largest absolute Gasteiger partial charge is 0.481 e. The molecule has 0 unspecified atom stereocenters. The molecule has 22 heavy (non-hydrogen) atoms. The van der Waals surface area contributed by atoms with Crippen LogP contribution in [0, 0.1) is 0 Å². The van der Waals surface area contributed by atoms with Crippen LogP contribution in [0.5, 0.6) is 5.88 Å². The zero-order chi connectivity index (χ0) is 15.7. The summed E-state index contributed by atoms with van der Waals surface area (Å²) in [7, 11) is 1.56. The number of hydrogen-bond acceptors (Lipinski definition) is 5. The molecule has 112 valence electrons. The molecule has 0 atom stereocenters. The minimum absolute atomic E-state index is 0.276. The molecule has 7 nitrogen and oxygen atoms in total. The van der Waals surface area contributed by atoms with Crippen molar-refractivity contribution in [3.63, 3.8) is 0 Å². The highest BCUT2D eigenvalue weighted by Gasteiger charge is 2.18. The molecule has 0 bridgehead atoms. The smallest absolute Gasteiger partial charge is 0.269 e. The van der Waals surface area contributed by atoms with Crippen molar-refractivity contribution in [2.75, 3.05) is 7.11 Å². The number of imidazole rings is 1. The van der Waals surface area contributed by atoms with Gasteiger partial charge in [0.15, 0.2) is 0 Å². The number of nitrogens with zero attached hydrogens (tertiary/aromatic N) is 4. The van der Waals surface area contributed by atoms with Gasteiger partial charge in [0.1, 0.15) is 17.7 Å². The van der Waals surface area contributed by atoms with Crippen molar-refractivity contribution in [2.24, 2.45) is 5.73 Å². The summed E-state index contributed by atoms with van der Waals surface area (Å²) >= 11 is 0. The van der Waals surface area contributed by atoms with E-state index in [0.717, 1.165) is 16.8 Å². The van der Waals surface area contributed by atoms with Gasteiger partial charge in [-0.25, -0.2) is 15.0 Å². The van der Waals surface area contributed by atoms with Crippen LogP contribution in [0.3, 0.4) is 0 Å². The molecular weight excluding hydrogens is 282 g/mol. The Kier molecular flexibility index (Phi) is 3.46. The van der Waals surface area contributed by atoms with Gasteiger partial charge in [-0.15, -0.1) is 0 Å². The number of primary amides is 1. The molecule has 0 radical (unpaired) electrons. The van der Waals surface area contributed by atoms with Crippen LogP contribution in [-0.4, -0.2) is 32.4 Å². The highest BCUT2D eigenvalue weighted by Crippen LogP contribution is 2.26. The molecule has 3 aromatic heterocycles. The summed E-state index contributed by atoms with van der Waals surface area (Å²) < 4.78 is 6.94. The summed E-state index contributed by atoms with van der Waals surface area (Å²) in [6, 6.07) is 3.63. The fraction of sp³-hybridized carbons (Fsp3) is 0.200. The molecule has 3 aromatic rings. The normalized spacial score (nSPS) is 10.8. The zero-order valence-electron chi connectivity index (χ0n) is 12.3. The first-order chi connectivity index (χ1) is 10.7. The van der Waals surface area contributed by atoms with Crippen LogP contribution in [0.15, 0.2) is 30.9 Å². The van der Waals surface area contributed by atoms with Crippen molar-refractivity contribution in [3.8, 4) is 17.0 Å². The maximum Gasteiger partial charge on any atom is 0.269 e. The Bertz CT molecular complexity index is 856. The molecular formula is C15H15N5O2. The molecule has 1 amide bonds. The molecule has 3 heterocycles. The number of nitrogens with two attached hydrogens (primary N) is 1. The minimum Gasteiger partial charge on any atom is -0.481 e. The summed E-state index contributed by atoms with van der Waals surface area (Å²) in [4.78, 5) is 24.3. The van der Waals surface area contributed by atoms with Crippen LogP contribution in [0.1, 0.15) is 23.1 Å². The third-order valence-corrected chi connectivity index (χ3v) is 3.46. The fourth-order valence-corrected chi connectivity index (χ4v) is 2.44. The second-order valence-electron chi connectivity index (χ2n) is 4.71. The molecule has 0 aromatic carbocycles. The summed E-state index contributed by atoms with van der Waals surface area (Å²) in [5, 5.41) is 0. The lowest BCUT2D eigenvalue weighted by Gasteiger charge is -2.05. The molecule has 3 rings (SSSR count). The van der Waals surface area contributed by atoms with Crippen LogP contribution in [-0.2, 0) is 6.42 Å². The van der Waals surface area contributed by atoms with Gasteiger partial charge >= 0.3 is 0 Å². The summed E-state index contributed by atoms with van der Waals surface area (Å²) in [5.74, 6) is -0.0456. The number of pyridine rings is 1. The van der Waals surface area contributed by atoms with Gasteiger partial charge < -0.3 is 10.5 Å². The number of ether oxygens (including phenoxy) is 1. The first-order valence-corrected chi connectivity index (χ1v) is 6.80. The Balaban J connectivity index is 2.28. The van der Waals surface area contributed by atoms with Gasteiger partial charge in [0, 0.05) is 24.0 Å². The van der Waals surface area contributed by atoms with Gasteiger partial charge in [-0.3, -0.25) is 9.20 Å². The molecule has 0 aliphatic carbocycles. The topological polar surface area (TPSA) is 95.4 Å². The van der Waals surface area contributed by atoms with E-state index in [0.29, 0.717) is 17.9 Å². The monoisotopic (exact) mass is 297 g/mol. The molecule has 0 fully saturated rings. The van der Waals surface area contributed by atoms with E-state index in [1.165, 1.54) is 0 Å². The van der Waals surface area contributed by atoms with E-state index in [1.54, 1.807) is 36.3 Å². The number of carbonyl (C=O) groups excluding carboxylic acids is 1. The second kappa shape index (κ2) is 5.44. The average Bonchev–Trinajstić information content (AvgIpc) is 2.93. The lowest BCUT2D eigenvalue weighted by Crippen LogP contribution is -2.14. The molecule has 2 N–H and O–H groups in total. The highest BCUT2D eigenvalue weighted by molar-refractivity contribution is 5.94. The summed E-state index contributed by atoms with van der Waals surface area (Å²) in [6.07, 6.45) is 5.61. The van der Waals surface area contributed by atoms with Gasteiger partial charge in [-0.05, 0) is 18.1 Å². The van der Waals surface area contributed by atoms with Gasteiger partial charge in [0.25, 0.3) is 5.91 Å². The summed E-state index contributed by atoms with van der Waals surface area (Å²) in [6.45, 7) is 1.94. The first-order valence-electron chi connectivity index (χ1n) is 6.80. The van der Waals surface area contributed by atoms with Crippen LogP contribution in [0.4, 0.5) is 0 Å². The average molecular weight is 297 g/mol. The van der Waals surface area contributed by atoms with E-state index in [9.17, 15) is 4.79 Å². The molecule has 0 spiro atoms. The molecule has 0 saturated carbocycles. The van der Waals surface area contributed by atoms with E-state index in [4.69, 9.17) is 10.5 Å². The van der Waals surface area contributed by atoms with Gasteiger partial charge in [0.05, 0.1) is 12.8 Å². The van der Waals surface area contributed by atoms with Crippen molar-refractivity contribution in [1.29, 1.82) is 0 Å². The number of methoxy groups -OCH3 is 1. The maximum atomic E-state index is 11.6. The number of hydrogen-bond donors (Lipinski definition) is 1. The van der Waals surface area contributed by atoms with Crippen molar-refractivity contribution in [1.82, 2.24) is 19.4 Å². The van der Waals surface area contributed by atoms with Crippen LogP contribution < -0.4 is 10.5 Å². The van der Waals surface area contributed by atoms with Gasteiger partial charge in [-0.2, -0.15) is 0 Å². The van der Waals surface area contributed by atoms with Crippen molar-refractivity contribution in [2.45, 2.75) is 13.3 Å². The van der Waals surface area contributed by atoms with E-state index in [1.807, 2.05) is 13.0 Å². The summed E-state index contributed by atoms with van der Waals surface area (Å²) in [5.41, 5.74) is 8.72. The van der Waals surface area contributed by atoms with Crippen LogP contribution >= 0.6 is 0 Å². The number of fused-ring (bicyclic) bond motifs is 1.